The molecule has 0 aromatic rings. The minimum Gasteiger partial charge on any atom is -0.480 e. The van der Waals surface area contributed by atoms with Gasteiger partial charge in [0.15, 0.2) is 0 Å². The van der Waals surface area contributed by atoms with E-state index in [1.807, 2.05) is 0 Å². The summed E-state index contributed by atoms with van der Waals surface area (Å²) in [4.78, 5) is 21.5. The summed E-state index contributed by atoms with van der Waals surface area (Å²) in [6.45, 7) is 4.42. The number of carboxylic acid groups (broad SMARTS) is 1. The first-order valence-electron chi connectivity index (χ1n) is 5.66. The molecule has 1 amide bonds. The quantitative estimate of drug-likeness (QED) is 0.581. The van der Waals surface area contributed by atoms with Crippen molar-refractivity contribution in [3.8, 4) is 0 Å². The van der Waals surface area contributed by atoms with Crippen LogP contribution >= 0.6 is 0 Å². The number of rotatable bonds is 9. The van der Waals surface area contributed by atoms with E-state index < -0.39 is 5.97 Å². The third-order valence-corrected chi connectivity index (χ3v) is 2.42. The molecule has 0 radical (unpaired) electrons. The minimum atomic E-state index is -0.997. The van der Waals surface area contributed by atoms with Gasteiger partial charge >= 0.3 is 5.97 Å². The molecule has 0 aliphatic rings. The molecule has 0 saturated heterocycles. The number of carbonyl (C=O) groups excluding carboxylic acids is 1. The summed E-state index contributed by atoms with van der Waals surface area (Å²) >= 11 is 0. The standard InChI is InChI=1S/C11H21NO4/c1-3-9(4-2)7-10(13)12-5-6-16-8-11(14)15/h9H,3-8H2,1-2H3,(H,12,13)(H,14,15). The molecule has 5 nitrogen and oxygen atoms in total. The van der Waals surface area contributed by atoms with Crippen molar-refractivity contribution in [2.45, 2.75) is 33.1 Å². The van der Waals surface area contributed by atoms with Crippen LogP contribution in [0, 0.1) is 5.92 Å². The van der Waals surface area contributed by atoms with E-state index >= 15 is 0 Å². The third kappa shape index (κ3) is 8.23. The van der Waals surface area contributed by atoms with Crippen molar-refractivity contribution >= 4 is 11.9 Å². The maximum absolute atomic E-state index is 11.4. The zero-order valence-electron chi connectivity index (χ0n) is 9.99. The lowest BCUT2D eigenvalue weighted by molar-refractivity contribution is -0.142. The summed E-state index contributed by atoms with van der Waals surface area (Å²) in [6, 6.07) is 0. The molecule has 0 bridgehead atoms. The summed E-state index contributed by atoms with van der Waals surface area (Å²) in [5, 5.41) is 11.0. The van der Waals surface area contributed by atoms with Gasteiger partial charge in [-0.2, -0.15) is 0 Å². The van der Waals surface area contributed by atoms with E-state index in [1.54, 1.807) is 0 Å². The lowest BCUT2D eigenvalue weighted by Crippen LogP contribution is -2.29. The summed E-state index contributed by atoms with van der Waals surface area (Å²) in [5.41, 5.74) is 0. The van der Waals surface area contributed by atoms with E-state index in [0.29, 0.717) is 18.9 Å². The van der Waals surface area contributed by atoms with Gasteiger partial charge in [0.05, 0.1) is 6.61 Å². The van der Waals surface area contributed by atoms with Gasteiger partial charge in [-0.25, -0.2) is 4.79 Å². The molecule has 0 spiro atoms. The molecule has 0 fully saturated rings. The second-order valence-corrected chi connectivity index (χ2v) is 3.68. The van der Waals surface area contributed by atoms with E-state index in [0.717, 1.165) is 12.8 Å². The van der Waals surface area contributed by atoms with Crippen LogP contribution in [0.3, 0.4) is 0 Å². The van der Waals surface area contributed by atoms with Crippen LogP contribution in [0.5, 0.6) is 0 Å². The smallest absolute Gasteiger partial charge is 0.329 e. The molecular formula is C11H21NO4. The molecule has 0 aromatic heterocycles. The van der Waals surface area contributed by atoms with Crippen LogP contribution in [-0.4, -0.2) is 36.7 Å². The number of aliphatic carboxylic acids is 1. The molecule has 2 N–H and O–H groups in total. The Morgan fingerprint density at radius 3 is 2.44 bits per heavy atom. The fraction of sp³-hybridized carbons (Fsp3) is 0.818. The fourth-order valence-corrected chi connectivity index (χ4v) is 1.33. The number of hydrogen-bond donors (Lipinski definition) is 2. The highest BCUT2D eigenvalue weighted by molar-refractivity contribution is 5.76. The lowest BCUT2D eigenvalue weighted by atomic mass is 9.99. The Hall–Kier alpha value is -1.10. The molecule has 0 aromatic carbocycles. The van der Waals surface area contributed by atoms with Gasteiger partial charge in [-0.1, -0.05) is 26.7 Å². The molecule has 0 rings (SSSR count). The molecule has 0 aliphatic carbocycles. The molecule has 0 aliphatic heterocycles. The Balaban J connectivity index is 3.46. The monoisotopic (exact) mass is 231 g/mol. The molecule has 0 unspecified atom stereocenters. The normalized spacial score (nSPS) is 10.4. The van der Waals surface area contributed by atoms with E-state index in [2.05, 4.69) is 19.2 Å². The second kappa shape index (κ2) is 9.15. The topological polar surface area (TPSA) is 75.6 Å². The lowest BCUT2D eigenvalue weighted by Gasteiger charge is -2.11. The first-order chi connectivity index (χ1) is 7.60. The molecular weight excluding hydrogens is 210 g/mol. The van der Waals surface area contributed by atoms with Gasteiger partial charge in [0.2, 0.25) is 5.91 Å². The van der Waals surface area contributed by atoms with Crippen LogP contribution in [0.25, 0.3) is 0 Å². The Bertz CT molecular complexity index is 214. The Kier molecular flexibility index (Phi) is 8.52. The van der Waals surface area contributed by atoms with Crippen LogP contribution in [0.2, 0.25) is 0 Å². The van der Waals surface area contributed by atoms with Crippen molar-refractivity contribution < 1.29 is 19.4 Å². The highest BCUT2D eigenvalue weighted by Crippen LogP contribution is 2.11. The van der Waals surface area contributed by atoms with Gasteiger partial charge in [0.1, 0.15) is 6.61 Å². The van der Waals surface area contributed by atoms with Gasteiger partial charge in [-0.3, -0.25) is 4.79 Å². The van der Waals surface area contributed by atoms with Gasteiger partial charge in [0, 0.05) is 13.0 Å². The van der Waals surface area contributed by atoms with Crippen molar-refractivity contribution in [2.24, 2.45) is 5.92 Å². The summed E-state index contributed by atoms with van der Waals surface area (Å²) < 4.78 is 4.79. The Morgan fingerprint density at radius 1 is 1.31 bits per heavy atom. The highest BCUT2D eigenvalue weighted by Gasteiger charge is 2.09. The van der Waals surface area contributed by atoms with Gasteiger partial charge in [-0.15, -0.1) is 0 Å². The van der Waals surface area contributed by atoms with Gasteiger partial charge in [-0.05, 0) is 5.92 Å². The van der Waals surface area contributed by atoms with E-state index in [4.69, 9.17) is 9.84 Å². The maximum atomic E-state index is 11.4. The van der Waals surface area contributed by atoms with Crippen molar-refractivity contribution in [2.75, 3.05) is 19.8 Å². The van der Waals surface area contributed by atoms with Crippen LogP contribution in [0.1, 0.15) is 33.1 Å². The Labute approximate surface area is 96.2 Å². The highest BCUT2D eigenvalue weighted by atomic mass is 16.5. The average Bonchev–Trinajstić information content (AvgIpc) is 2.25. The zero-order chi connectivity index (χ0) is 12.4. The zero-order valence-corrected chi connectivity index (χ0v) is 9.99. The number of carboxylic acids is 1. The number of carbonyl (C=O) groups is 2. The van der Waals surface area contributed by atoms with Crippen LogP contribution in [0.4, 0.5) is 0 Å². The molecule has 0 atom stereocenters. The van der Waals surface area contributed by atoms with E-state index in [-0.39, 0.29) is 19.1 Å². The predicted octanol–water partition coefficient (Wildman–Crippen LogP) is 1.03. The number of hydrogen-bond acceptors (Lipinski definition) is 3. The first-order valence-corrected chi connectivity index (χ1v) is 5.66. The SMILES string of the molecule is CCC(CC)CC(=O)NCCOCC(=O)O. The predicted molar refractivity (Wildman–Crippen MR) is 60.2 cm³/mol. The van der Waals surface area contributed by atoms with Crippen molar-refractivity contribution in [3.63, 3.8) is 0 Å². The number of ether oxygens (including phenoxy) is 1. The van der Waals surface area contributed by atoms with Gasteiger partial charge in [0.25, 0.3) is 0 Å². The fourth-order valence-electron chi connectivity index (χ4n) is 1.33. The Morgan fingerprint density at radius 2 is 1.94 bits per heavy atom. The minimum absolute atomic E-state index is 0.00706. The van der Waals surface area contributed by atoms with Crippen molar-refractivity contribution in [1.29, 1.82) is 0 Å². The van der Waals surface area contributed by atoms with Crippen molar-refractivity contribution in [1.82, 2.24) is 5.32 Å². The average molecular weight is 231 g/mol. The van der Waals surface area contributed by atoms with Crippen LogP contribution < -0.4 is 5.32 Å². The summed E-state index contributed by atoms with van der Waals surface area (Å²) in [5.74, 6) is -0.559. The van der Waals surface area contributed by atoms with Gasteiger partial charge < -0.3 is 15.2 Å². The summed E-state index contributed by atoms with van der Waals surface area (Å²) in [6.07, 6.45) is 2.53. The maximum Gasteiger partial charge on any atom is 0.329 e. The summed E-state index contributed by atoms with van der Waals surface area (Å²) in [7, 11) is 0. The molecule has 16 heavy (non-hydrogen) atoms. The number of nitrogens with one attached hydrogen (secondary N) is 1. The second-order valence-electron chi connectivity index (χ2n) is 3.68. The molecule has 0 saturated carbocycles. The molecule has 94 valence electrons. The van der Waals surface area contributed by atoms with E-state index in [1.165, 1.54) is 0 Å². The van der Waals surface area contributed by atoms with E-state index in [9.17, 15) is 9.59 Å². The molecule has 0 heterocycles. The van der Waals surface area contributed by atoms with Crippen molar-refractivity contribution in [3.05, 3.63) is 0 Å². The van der Waals surface area contributed by atoms with Crippen LogP contribution in [-0.2, 0) is 14.3 Å². The molecule has 5 heteroatoms. The van der Waals surface area contributed by atoms with Crippen LogP contribution in [0.15, 0.2) is 0 Å². The number of amides is 1. The third-order valence-electron chi connectivity index (χ3n) is 2.42. The first kappa shape index (κ1) is 14.9. The largest absolute Gasteiger partial charge is 0.480 e.